The van der Waals surface area contributed by atoms with Gasteiger partial charge in [0.25, 0.3) is 0 Å². The van der Waals surface area contributed by atoms with Crippen LogP contribution in [0.4, 0.5) is 0 Å². The molecule has 348 valence electrons. The summed E-state index contributed by atoms with van der Waals surface area (Å²) in [5.74, 6) is -1.76. The Morgan fingerprint density at radius 1 is 0.545 bits per heavy atom. The Labute approximate surface area is 384 Å². The molecule has 0 aliphatic carbocycles. The van der Waals surface area contributed by atoms with Crippen LogP contribution >= 0.6 is 0 Å². The van der Waals surface area contributed by atoms with Crippen LogP contribution in [0.25, 0.3) is 0 Å². The molecule has 0 fully saturated rings. The van der Waals surface area contributed by atoms with Crippen molar-refractivity contribution in [3.8, 4) is 23.0 Å². The molecule has 4 aromatic rings. The molecular weight excluding hydrogens is 845 g/mol. The summed E-state index contributed by atoms with van der Waals surface area (Å²) in [5.41, 5.74) is 9.24. The molecule has 0 bridgehead atoms. The first-order chi connectivity index (χ1) is 31.6. The van der Waals surface area contributed by atoms with Crippen LogP contribution in [0.1, 0.15) is 74.6 Å². The van der Waals surface area contributed by atoms with Gasteiger partial charge in [0.15, 0.2) is 5.78 Å². The number of aromatic hydroxyl groups is 1. The van der Waals surface area contributed by atoms with Crippen molar-refractivity contribution >= 4 is 41.4 Å². The average Bonchev–Trinajstić information content (AvgIpc) is 3.28. The molecule has 4 rings (SSSR count). The second-order valence-electron chi connectivity index (χ2n) is 15.8. The number of phenols is 1. The minimum Gasteiger partial charge on any atom is -0.508 e. The number of esters is 3. The molecule has 66 heavy (non-hydrogen) atoms. The Bertz CT molecular complexity index is 2320. The van der Waals surface area contributed by atoms with Crippen molar-refractivity contribution in [2.75, 3.05) is 13.1 Å². The maximum Gasteiger partial charge on any atom is 0.312 e. The molecule has 0 saturated carbocycles. The van der Waals surface area contributed by atoms with Crippen LogP contribution in [0.5, 0.6) is 23.0 Å². The van der Waals surface area contributed by atoms with E-state index < -0.39 is 41.8 Å². The van der Waals surface area contributed by atoms with E-state index in [-0.39, 0.29) is 92.4 Å². The fourth-order valence-corrected chi connectivity index (χ4v) is 6.40. The van der Waals surface area contributed by atoms with Crippen molar-refractivity contribution in [3.05, 3.63) is 144 Å². The number of carbonyl (C=O) groups is 7. The van der Waals surface area contributed by atoms with Gasteiger partial charge in [-0.25, -0.2) is 0 Å². The molecule has 0 spiro atoms. The first-order valence-electron chi connectivity index (χ1n) is 21.7. The standard InChI is InChI=1S/C51H58N4O11/c1-33(2)49(61)54-43(45(57)8-5-7-35-13-21-41(22-14-35)66-48(60)27-29-52)31-38-17-25-42(26-18-38)65-47(59)10-6-9-46(58)64-40-23-15-36(16-24-40)28-30-53-51(63)44(55-50(62)34(3)4)32-37-11-19-39(56)20-12-37/h11-26,43-44,56H,1,3,5-10,27-32,52H2,2,4H3,(H,53,63)(H,54,61)(H,55,62)/t43-,44-/m0/s1. The lowest BCUT2D eigenvalue weighted by Gasteiger charge is -2.19. The third-order valence-corrected chi connectivity index (χ3v) is 10.1. The first kappa shape index (κ1) is 51.2. The topological polar surface area (TPSA) is 230 Å². The number of nitrogens with two attached hydrogens (primary N) is 1. The van der Waals surface area contributed by atoms with E-state index in [4.69, 9.17) is 19.9 Å². The van der Waals surface area contributed by atoms with Crippen LogP contribution in [0, 0.1) is 0 Å². The van der Waals surface area contributed by atoms with Crippen molar-refractivity contribution in [2.45, 2.75) is 90.1 Å². The van der Waals surface area contributed by atoms with Crippen LogP contribution in [0.15, 0.2) is 121 Å². The minimum absolute atomic E-state index is 0.0284. The third kappa shape index (κ3) is 18.4. The normalized spacial score (nSPS) is 11.6. The van der Waals surface area contributed by atoms with Gasteiger partial charge in [0.1, 0.15) is 29.0 Å². The molecule has 3 amide bonds. The molecule has 15 nitrogen and oxygen atoms in total. The van der Waals surface area contributed by atoms with Gasteiger partial charge in [0.05, 0.1) is 12.5 Å². The van der Waals surface area contributed by atoms with Gasteiger partial charge in [-0.15, -0.1) is 0 Å². The van der Waals surface area contributed by atoms with Crippen molar-refractivity contribution in [3.63, 3.8) is 0 Å². The number of benzene rings is 4. The van der Waals surface area contributed by atoms with Crippen molar-refractivity contribution in [2.24, 2.45) is 5.73 Å². The number of amides is 3. The van der Waals surface area contributed by atoms with Gasteiger partial charge in [-0.1, -0.05) is 61.7 Å². The molecule has 15 heteroatoms. The van der Waals surface area contributed by atoms with Crippen LogP contribution in [0.2, 0.25) is 0 Å². The summed E-state index contributed by atoms with van der Waals surface area (Å²) in [5, 5.41) is 17.9. The Hall–Kier alpha value is -7.39. The van der Waals surface area contributed by atoms with E-state index in [2.05, 4.69) is 29.1 Å². The van der Waals surface area contributed by atoms with E-state index in [1.165, 1.54) is 12.1 Å². The highest BCUT2D eigenvalue weighted by Gasteiger charge is 2.23. The third-order valence-electron chi connectivity index (χ3n) is 10.1. The predicted octanol–water partition coefficient (Wildman–Crippen LogP) is 5.49. The first-order valence-corrected chi connectivity index (χ1v) is 21.7. The van der Waals surface area contributed by atoms with E-state index in [9.17, 15) is 38.7 Å². The van der Waals surface area contributed by atoms with Crippen LogP contribution < -0.4 is 35.9 Å². The number of nitrogens with one attached hydrogen (secondary N) is 3. The molecule has 0 aromatic heterocycles. The summed E-state index contributed by atoms with van der Waals surface area (Å²) < 4.78 is 16.1. The number of ether oxygens (including phenoxy) is 3. The maximum absolute atomic E-state index is 13.3. The van der Waals surface area contributed by atoms with E-state index >= 15 is 0 Å². The Morgan fingerprint density at radius 3 is 1.42 bits per heavy atom. The molecule has 0 radical (unpaired) electrons. The largest absolute Gasteiger partial charge is 0.508 e. The van der Waals surface area contributed by atoms with Gasteiger partial charge in [0.2, 0.25) is 17.7 Å². The molecule has 0 aliphatic rings. The zero-order chi connectivity index (χ0) is 48.0. The summed E-state index contributed by atoms with van der Waals surface area (Å²) in [4.78, 5) is 88.0. The zero-order valence-corrected chi connectivity index (χ0v) is 37.4. The average molecular weight is 903 g/mol. The van der Waals surface area contributed by atoms with Crippen molar-refractivity contribution < 1.29 is 52.9 Å². The lowest BCUT2D eigenvalue weighted by atomic mass is 9.97. The van der Waals surface area contributed by atoms with Gasteiger partial charge >= 0.3 is 17.9 Å². The molecule has 0 saturated heterocycles. The lowest BCUT2D eigenvalue weighted by Crippen LogP contribution is -2.48. The lowest BCUT2D eigenvalue weighted by molar-refractivity contribution is -0.136. The smallest absolute Gasteiger partial charge is 0.312 e. The molecule has 0 unspecified atom stereocenters. The maximum atomic E-state index is 13.3. The van der Waals surface area contributed by atoms with Crippen molar-refractivity contribution in [1.29, 1.82) is 0 Å². The molecule has 4 aromatic carbocycles. The second kappa shape index (κ2) is 26.4. The van der Waals surface area contributed by atoms with Crippen LogP contribution in [0.3, 0.4) is 0 Å². The highest BCUT2D eigenvalue weighted by Crippen LogP contribution is 2.19. The molecule has 2 atom stereocenters. The zero-order valence-electron chi connectivity index (χ0n) is 37.4. The highest BCUT2D eigenvalue weighted by atomic mass is 16.5. The number of ketones is 1. The Morgan fingerprint density at radius 2 is 0.955 bits per heavy atom. The number of hydrogen-bond donors (Lipinski definition) is 5. The number of Topliss-reactive ketones (excluding diaryl/α,β-unsaturated/α-hetero) is 1. The number of phenolic OH excluding ortho intramolecular Hbond substituents is 1. The van der Waals surface area contributed by atoms with E-state index in [0.29, 0.717) is 30.8 Å². The minimum atomic E-state index is -0.855. The molecular formula is C51H58N4O11. The van der Waals surface area contributed by atoms with Gasteiger partial charge < -0.3 is 41.0 Å². The molecule has 0 heterocycles. The number of carbonyl (C=O) groups excluding carboxylic acids is 7. The van der Waals surface area contributed by atoms with E-state index in [1.807, 2.05) is 12.1 Å². The quantitative estimate of drug-likeness (QED) is 0.0300. The fraction of sp³-hybridized carbons (Fsp3) is 0.314. The van der Waals surface area contributed by atoms with Crippen molar-refractivity contribution in [1.82, 2.24) is 16.0 Å². The van der Waals surface area contributed by atoms with Crippen LogP contribution in [-0.2, 0) is 59.2 Å². The summed E-state index contributed by atoms with van der Waals surface area (Å²) in [6.07, 6.45) is 2.48. The Kier molecular flexibility index (Phi) is 20.5. The highest BCUT2D eigenvalue weighted by molar-refractivity contribution is 5.97. The number of hydrogen-bond acceptors (Lipinski definition) is 12. The summed E-state index contributed by atoms with van der Waals surface area (Å²) in [7, 11) is 0. The number of rotatable bonds is 26. The van der Waals surface area contributed by atoms with Crippen LogP contribution in [-0.4, -0.2) is 71.7 Å². The number of aryl methyl sites for hydroxylation is 1. The molecule has 6 N–H and O–H groups in total. The van der Waals surface area contributed by atoms with E-state index in [0.717, 1.165) is 22.3 Å². The van der Waals surface area contributed by atoms with Gasteiger partial charge in [-0.05, 0) is 117 Å². The van der Waals surface area contributed by atoms with Gasteiger partial charge in [0, 0.05) is 49.9 Å². The molecule has 0 aliphatic heterocycles. The predicted molar refractivity (Wildman–Crippen MR) is 247 cm³/mol. The summed E-state index contributed by atoms with van der Waals surface area (Å²) >= 11 is 0. The fourth-order valence-electron chi connectivity index (χ4n) is 6.40. The van der Waals surface area contributed by atoms with E-state index in [1.54, 1.807) is 86.6 Å². The van der Waals surface area contributed by atoms with Gasteiger partial charge in [-0.2, -0.15) is 0 Å². The SMILES string of the molecule is C=C(C)C(=O)N[C@@H](Cc1ccc(OC(=O)CCCC(=O)Oc2ccc(CCNC(=O)[C@H](Cc3ccc(O)cc3)NC(=O)C(=C)C)cc2)cc1)C(=O)CCCc1ccc(OC(=O)CCN)cc1. The monoisotopic (exact) mass is 902 g/mol. The summed E-state index contributed by atoms with van der Waals surface area (Å²) in [6, 6.07) is 25.2. The van der Waals surface area contributed by atoms with Gasteiger partial charge in [-0.3, -0.25) is 33.6 Å². The summed E-state index contributed by atoms with van der Waals surface area (Å²) in [6.45, 7) is 10.9. The second-order valence-corrected chi connectivity index (χ2v) is 15.8. The Balaban J connectivity index is 1.17.